The van der Waals surface area contributed by atoms with Crippen LogP contribution in [-0.4, -0.2) is 5.88 Å². The number of benzene rings is 1. The molecule has 1 aromatic carbocycles. The normalized spacial score (nSPS) is 13.0. The van der Waals surface area contributed by atoms with E-state index in [0.29, 0.717) is 11.8 Å². The molecule has 1 rings (SSSR count). The molecule has 0 saturated carbocycles. The molecule has 1 radical (unpaired) electrons. The van der Waals surface area contributed by atoms with Gasteiger partial charge in [0.1, 0.15) is 0 Å². The van der Waals surface area contributed by atoms with Gasteiger partial charge in [-0.1, -0.05) is 31.2 Å². The zero-order valence-electron chi connectivity index (χ0n) is 5.97. The Kier molecular flexibility index (Phi) is 2.76. The van der Waals surface area contributed by atoms with Crippen molar-refractivity contribution in [1.29, 1.82) is 0 Å². The summed E-state index contributed by atoms with van der Waals surface area (Å²) < 4.78 is 0. The van der Waals surface area contributed by atoms with Crippen LogP contribution in [0.3, 0.4) is 0 Å². The van der Waals surface area contributed by atoms with Gasteiger partial charge in [0.25, 0.3) is 0 Å². The van der Waals surface area contributed by atoms with E-state index in [1.165, 1.54) is 5.56 Å². The molecule has 0 amide bonds. The smallest absolute Gasteiger partial charge is 0.0289 e. The van der Waals surface area contributed by atoms with Crippen molar-refractivity contribution >= 4 is 11.6 Å². The Balaban J connectivity index is 2.75. The zero-order chi connectivity index (χ0) is 7.40. The summed E-state index contributed by atoms with van der Waals surface area (Å²) in [7, 11) is 0. The molecule has 1 unspecified atom stereocenters. The second kappa shape index (κ2) is 3.62. The first-order valence-electron chi connectivity index (χ1n) is 3.37. The minimum Gasteiger partial charge on any atom is -0.126 e. The molecule has 1 heteroatoms. The highest BCUT2D eigenvalue weighted by Crippen LogP contribution is 2.14. The number of hydrogen-bond acceptors (Lipinski definition) is 0. The molecule has 0 spiro atoms. The van der Waals surface area contributed by atoms with Crippen LogP contribution in [0.2, 0.25) is 0 Å². The lowest BCUT2D eigenvalue weighted by Gasteiger charge is -2.04. The largest absolute Gasteiger partial charge is 0.126 e. The molecule has 0 saturated heterocycles. The Morgan fingerprint density at radius 1 is 1.60 bits per heavy atom. The third-order valence-corrected chi connectivity index (χ3v) is 1.96. The SMILES string of the molecule is CC(CCl)c1[c]cccc1. The predicted octanol–water partition coefficient (Wildman–Crippen LogP) is 2.83. The lowest BCUT2D eigenvalue weighted by molar-refractivity contribution is 0.873. The predicted molar refractivity (Wildman–Crippen MR) is 44.4 cm³/mol. The van der Waals surface area contributed by atoms with Crippen molar-refractivity contribution in [3.05, 3.63) is 35.9 Å². The molecule has 0 aliphatic carbocycles. The first kappa shape index (κ1) is 7.62. The van der Waals surface area contributed by atoms with Crippen LogP contribution in [0.4, 0.5) is 0 Å². The Morgan fingerprint density at radius 3 is 2.90 bits per heavy atom. The van der Waals surface area contributed by atoms with Crippen molar-refractivity contribution in [1.82, 2.24) is 0 Å². The fraction of sp³-hybridized carbons (Fsp3) is 0.333. The second-order valence-electron chi connectivity index (χ2n) is 2.37. The lowest BCUT2D eigenvalue weighted by Crippen LogP contribution is -1.93. The Labute approximate surface area is 66.8 Å². The highest BCUT2D eigenvalue weighted by atomic mass is 35.5. The molecule has 0 aliphatic heterocycles. The summed E-state index contributed by atoms with van der Waals surface area (Å²) in [5.41, 5.74) is 1.19. The molecule has 0 N–H and O–H groups in total. The summed E-state index contributed by atoms with van der Waals surface area (Å²) in [6.07, 6.45) is 0. The van der Waals surface area contributed by atoms with Gasteiger partial charge in [0.15, 0.2) is 0 Å². The Bertz CT molecular complexity index is 181. The maximum Gasteiger partial charge on any atom is 0.0289 e. The molecule has 53 valence electrons. The molecular weight excluding hydrogens is 144 g/mol. The van der Waals surface area contributed by atoms with E-state index in [0.717, 1.165) is 0 Å². The summed E-state index contributed by atoms with van der Waals surface area (Å²) in [5, 5.41) is 0. The number of halogens is 1. The van der Waals surface area contributed by atoms with Gasteiger partial charge in [0.2, 0.25) is 0 Å². The van der Waals surface area contributed by atoms with Gasteiger partial charge in [-0.05, 0) is 17.5 Å². The molecule has 0 bridgehead atoms. The van der Waals surface area contributed by atoms with Gasteiger partial charge in [-0.25, -0.2) is 0 Å². The van der Waals surface area contributed by atoms with Crippen LogP contribution in [0.15, 0.2) is 24.3 Å². The van der Waals surface area contributed by atoms with E-state index in [2.05, 4.69) is 13.0 Å². The van der Waals surface area contributed by atoms with Crippen LogP contribution >= 0.6 is 11.6 Å². The van der Waals surface area contributed by atoms with Crippen molar-refractivity contribution in [2.24, 2.45) is 0 Å². The van der Waals surface area contributed by atoms with Crippen molar-refractivity contribution in [2.75, 3.05) is 5.88 Å². The highest BCUT2D eigenvalue weighted by molar-refractivity contribution is 6.18. The quantitative estimate of drug-likeness (QED) is 0.574. The average Bonchev–Trinajstić information content (AvgIpc) is 2.05. The van der Waals surface area contributed by atoms with E-state index in [-0.39, 0.29) is 0 Å². The van der Waals surface area contributed by atoms with Crippen LogP contribution in [0.5, 0.6) is 0 Å². The Hall–Kier alpha value is -0.490. The fourth-order valence-electron chi connectivity index (χ4n) is 0.797. The van der Waals surface area contributed by atoms with E-state index in [1.807, 2.05) is 24.3 Å². The van der Waals surface area contributed by atoms with Crippen LogP contribution < -0.4 is 0 Å². The summed E-state index contributed by atoms with van der Waals surface area (Å²) in [6.45, 7) is 2.10. The van der Waals surface area contributed by atoms with Crippen molar-refractivity contribution < 1.29 is 0 Å². The van der Waals surface area contributed by atoms with E-state index < -0.39 is 0 Å². The summed E-state index contributed by atoms with van der Waals surface area (Å²) >= 11 is 5.67. The van der Waals surface area contributed by atoms with Gasteiger partial charge < -0.3 is 0 Å². The molecule has 0 heterocycles. The third-order valence-electron chi connectivity index (χ3n) is 1.50. The van der Waals surface area contributed by atoms with Gasteiger partial charge in [0, 0.05) is 5.88 Å². The van der Waals surface area contributed by atoms with Gasteiger partial charge in [-0.2, -0.15) is 0 Å². The van der Waals surface area contributed by atoms with Crippen molar-refractivity contribution in [2.45, 2.75) is 12.8 Å². The summed E-state index contributed by atoms with van der Waals surface area (Å²) in [6, 6.07) is 11.1. The van der Waals surface area contributed by atoms with Crippen LogP contribution in [0.1, 0.15) is 18.4 Å². The first-order valence-corrected chi connectivity index (χ1v) is 3.90. The molecule has 0 fully saturated rings. The second-order valence-corrected chi connectivity index (χ2v) is 2.68. The van der Waals surface area contributed by atoms with Crippen LogP contribution in [-0.2, 0) is 0 Å². The number of hydrogen-bond donors (Lipinski definition) is 0. The minimum atomic E-state index is 0.419. The van der Waals surface area contributed by atoms with Crippen molar-refractivity contribution in [3.63, 3.8) is 0 Å². The molecule has 1 atom stereocenters. The van der Waals surface area contributed by atoms with E-state index in [1.54, 1.807) is 0 Å². The molecule has 0 aliphatic rings. The average molecular weight is 154 g/mol. The van der Waals surface area contributed by atoms with Gasteiger partial charge >= 0.3 is 0 Å². The van der Waals surface area contributed by atoms with E-state index >= 15 is 0 Å². The van der Waals surface area contributed by atoms with E-state index in [4.69, 9.17) is 11.6 Å². The maximum atomic E-state index is 5.67. The Morgan fingerprint density at radius 2 is 2.40 bits per heavy atom. The molecule has 0 nitrogen and oxygen atoms in total. The van der Waals surface area contributed by atoms with Gasteiger partial charge in [-0.15, -0.1) is 11.6 Å². The van der Waals surface area contributed by atoms with Crippen LogP contribution in [0.25, 0.3) is 0 Å². The van der Waals surface area contributed by atoms with Crippen molar-refractivity contribution in [3.8, 4) is 0 Å². The molecule has 10 heavy (non-hydrogen) atoms. The summed E-state index contributed by atoms with van der Waals surface area (Å²) in [4.78, 5) is 0. The maximum absolute atomic E-state index is 5.67. The standard InChI is InChI=1S/C9H10Cl/c1-8(7-10)9-5-3-2-4-6-9/h2-5,8H,7H2,1H3. The summed E-state index contributed by atoms with van der Waals surface area (Å²) in [5.74, 6) is 1.09. The van der Waals surface area contributed by atoms with Gasteiger partial charge in [-0.3, -0.25) is 0 Å². The molecule has 1 aromatic rings. The zero-order valence-corrected chi connectivity index (χ0v) is 6.73. The van der Waals surface area contributed by atoms with E-state index in [9.17, 15) is 0 Å². The fourth-order valence-corrected chi connectivity index (χ4v) is 0.963. The third kappa shape index (κ3) is 1.74. The number of alkyl halides is 1. The monoisotopic (exact) mass is 153 g/mol. The molecule has 0 aromatic heterocycles. The highest BCUT2D eigenvalue weighted by Gasteiger charge is 2.00. The lowest BCUT2D eigenvalue weighted by atomic mass is 10.0. The van der Waals surface area contributed by atoms with Crippen LogP contribution in [0, 0.1) is 6.07 Å². The minimum absolute atomic E-state index is 0.419. The molecular formula is C9H10Cl. The first-order chi connectivity index (χ1) is 4.84. The van der Waals surface area contributed by atoms with Gasteiger partial charge in [0.05, 0.1) is 0 Å². The number of rotatable bonds is 2. The topological polar surface area (TPSA) is 0 Å².